The fourth-order valence-electron chi connectivity index (χ4n) is 1.49. The van der Waals surface area contributed by atoms with Crippen LogP contribution in [0.1, 0.15) is 5.69 Å². The van der Waals surface area contributed by atoms with Crippen LogP contribution in [0.4, 0.5) is 0 Å². The number of aromatic nitrogens is 1. The monoisotopic (exact) mass is 130 g/mol. The zero-order valence-corrected chi connectivity index (χ0v) is 5.39. The molecule has 0 amide bonds. The van der Waals surface area contributed by atoms with E-state index in [1.54, 1.807) is 0 Å². The first-order valence-corrected chi connectivity index (χ1v) is 3.38. The maximum absolute atomic E-state index is 4.34. The first kappa shape index (κ1) is 4.50. The maximum atomic E-state index is 4.34. The number of aromatic amines is 1. The summed E-state index contributed by atoms with van der Waals surface area (Å²) in [6.07, 6.45) is 4.20. The van der Waals surface area contributed by atoms with Gasteiger partial charge in [-0.15, -0.1) is 0 Å². The average molecular weight is 130 g/mol. The molecule has 10 heavy (non-hydrogen) atoms. The second kappa shape index (κ2) is 1.24. The van der Waals surface area contributed by atoms with Gasteiger partial charge in [0, 0.05) is 16.3 Å². The summed E-state index contributed by atoms with van der Waals surface area (Å²) in [6, 6.07) is 2.16. The molecule has 0 unspecified atom stereocenters. The Kier molecular flexibility index (Phi) is 0.556. The van der Waals surface area contributed by atoms with Gasteiger partial charge in [-0.25, -0.2) is 0 Å². The second-order valence-electron chi connectivity index (χ2n) is 2.69. The molecule has 1 aromatic rings. The summed E-state index contributed by atoms with van der Waals surface area (Å²) < 4.78 is 0. The predicted molar refractivity (Wildman–Crippen MR) is 40.1 cm³/mol. The molecule has 2 nitrogen and oxygen atoms in total. The maximum Gasteiger partial charge on any atom is 0.0797 e. The number of nitrogens with one attached hydrogen (secondary N) is 1. The molecule has 0 radical (unpaired) electrons. The van der Waals surface area contributed by atoms with Crippen LogP contribution in [0, 0.1) is 0 Å². The molecule has 1 N–H and O–H groups in total. The van der Waals surface area contributed by atoms with Gasteiger partial charge in [-0.3, -0.25) is 4.99 Å². The Morgan fingerprint density at radius 2 is 2.40 bits per heavy atom. The summed E-state index contributed by atoms with van der Waals surface area (Å²) in [5, 5.41) is 2.53. The Morgan fingerprint density at radius 1 is 1.40 bits per heavy atom. The molecule has 0 atom stereocenters. The summed E-state index contributed by atoms with van der Waals surface area (Å²) in [4.78, 5) is 7.62. The van der Waals surface area contributed by atoms with Crippen molar-refractivity contribution in [3.8, 4) is 0 Å². The lowest BCUT2D eigenvalue weighted by molar-refractivity contribution is 1.01. The van der Waals surface area contributed by atoms with Crippen LogP contribution in [-0.2, 0) is 6.54 Å². The summed E-state index contributed by atoms with van der Waals surface area (Å²) in [6.45, 7) is 0.815. The molecule has 2 aliphatic heterocycles. The van der Waals surface area contributed by atoms with Gasteiger partial charge >= 0.3 is 0 Å². The molecule has 4 rings (SSSR count). The van der Waals surface area contributed by atoms with E-state index in [9.17, 15) is 0 Å². The highest BCUT2D eigenvalue weighted by atomic mass is 14.8. The van der Waals surface area contributed by atoms with Gasteiger partial charge in [-0.05, 0) is 18.2 Å². The highest BCUT2D eigenvalue weighted by Gasteiger charge is 2.07. The van der Waals surface area contributed by atoms with E-state index in [1.807, 2.05) is 0 Å². The summed E-state index contributed by atoms with van der Waals surface area (Å²) in [5.41, 5.74) is 2.34. The third kappa shape index (κ3) is 0.386. The van der Waals surface area contributed by atoms with E-state index in [4.69, 9.17) is 0 Å². The fourth-order valence-corrected chi connectivity index (χ4v) is 1.49. The van der Waals surface area contributed by atoms with Crippen molar-refractivity contribution in [2.24, 2.45) is 4.99 Å². The number of aliphatic imine (C=N–C) groups is 1. The van der Waals surface area contributed by atoms with Crippen molar-refractivity contribution in [1.29, 1.82) is 0 Å². The van der Waals surface area contributed by atoms with Gasteiger partial charge in [0.05, 0.1) is 12.3 Å². The zero-order chi connectivity index (χ0) is 6.55. The molecule has 0 aromatic carbocycles. The van der Waals surface area contributed by atoms with Crippen LogP contribution < -0.4 is 10.6 Å². The van der Waals surface area contributed by atoms with Gasteiger partial charge in [-0.1, -0.05) is 0 Å². The van der Waals surface area contributed by atoms with Gasteiger partial charge in [0.1, 0.15) is 0 Å². The van der Waals surface area contributed by atoms with Crippen molar-refractivity contribution in [1.82, 2.24) is 4.98 Å². The average Bonchev–Trinajstić information content (AvgIpc) is 2.15. The molecule has 0 fully saturated rings. The van der Waals surface area contributed by atoms with Crippen LogP contribution in [0.15, 0.2) is 11.1 Å². The van der Waals surface area contributed by atoms with Crippen molar-refractivity contribution in [2.45, 2.75) is 6.54 Å². The molecule has 0 spiro atoms. The Labute approximate surface area is 57.6 Å². The van der Waals surface area contributed by atoms with Crippen molar-refractivity contribution in [2.75, 3.05) is 0 Å². The van der Waals surface area contributed by atoms with Gasteiger partial charge in [0.2, 0.25) is 0 Å². The minimum Gasteiger partial charge on any atom is -0.357 e. The number of fused-ring (bicyclic) bond motifs is 1. The first-order valence-electron chi connectivity index (χ1n) is 3.38. The molecule has 4 bridgehead atoms. The van der Waals surface area contributed by atoms with Crippen molar-refractivity contribution in [3.05, 3.63) is 22.3 Å². The zero-order valence-electron chi connectivity index (χ0n) is 5.39. The molecule has 0 saturated carbocycles. The smallest absolute Gasteiger partial charge is 0.0797 e. The van der Waals surface area contributed by atoms with Crippen LogP contribution in [-0.4, -0.2) is 10.7 Å². The van der Waals surface area contributed by atoms with Crippen LogP contribution in [0.25, 0.3) is 12.2 Å². The standard InChI is InChI=1S/C8H6N2/c1-5-2-7-4-9-6(1)3-8(5)10-7/h1-3,10H,4H2. The normalized spacial score (nSPS) is 17.8. The van der Waals surface area contributed by atoms with Crippen molar-refractivity contribution >= 4 is 17.9 Å². The van der Waals surface area contributed by atoms with E-state index in [1.165, 1.54) is 16.3 Å². The summed E-state index contributed by atoms with van der Waals surface area (Å²) >= 11 is 0. The quantitative estimate of drug-likeness (QED) is 0.492. The highest BCUT2D eigenvalue weighted by molar-refractivity contribution is 6.30. The molecule has 48 valence electrons. The first-order chi connectivity index (χ1) is 4.92. The van der Waals surface area contributed by atoms with Crippen LogP contribution in [0.3, 0.4) is 0 Å². The number of H-pyrrole nitrogens is 1. The molecular formula is C8H6N2. The van der Waals surface area contributed by atoms with Crippen LogP contribution in [0.2, 0.25) is 0 Å². The molecule has 0 saturated heterocycles. The third-order valence-corrected chi connectivity index (χ3v) is 1.96. The van der Waals surface area contributed by atoms with E-state index >= 15 is 0 Å². The van der Waals surface area contributed by atoms with Gasteiger partial charge in [-0.2, -0.15) is 0 Å². The number of hydrogen-bond donors (Lipinski definition) is 1. The molecule has 3 aliphatic rings. The Bertz CT molecular complexity index is 399. The summed E-state index contributed by atoms with van der Waals surface area (Å²) in [7, 11) is 0. The van der Waals surface area contributed by atoms with Gasteiger partial charge in [0.15, 0.2) is 0 Å². The lowest BCUT2D eigenvalue weighted by atomic mass is 10.4. The fraction of sp³-hybridized carbons (Fsp3) is 0.125. The number of nitrogens with zero attached hydrogens (tertiary/aromatic N) is 1. The molecule has 2 heteroatoms. The lowest BCUT2D eigenvalue weighted by Gasteiger charge is -1.86. The number of hydrogen-bond acceptors (Lipinski definition) is 1. The van der Waals surface area contributed by atoms with E-state index in [2.05, 4.69) is 28.2 Å². The SMILES string of the molecule is C1=c2cc3[nH]c2=CC1=NC3. The Morgan fingerprint density at radius 3 is 3.30 bits per heavy atom. The minimum atomic E-state index is 0.815. The largest absolute Gasteiger partial charge is 0.357 e. The predicted octanol–water partition coefficient (Wildman–Crippen LogP) is -0.456. The summed E-state index contributed by atoms with van der Waals surface area (Å²) in [5.74, 6) is 0. The van der Waals surface area contributed by atoms with Crippen molar-refractivity contribution < 1.29 is 0 Å². The van der Waals surface area contributed by atoms with Crippen molar-refractivity contribution in [3.63, 3.8) is 0 Å². The van der Waals surface area contributed by atoms with E-state index in [0.29, 0.717) is 0 Å². The second-order valence-corrected chi connectivity index (χ2v) is 2.69. The Hall–Kier alpha value is -1.31. The highest BCUT2D eigenvalue weighted by Crippen LogP contribution is 2.01. The molecule has 3 heterocycles. The third-order valence-electron chi connectivity index (χ3n) is 1.96. The van der Waals surface area contributed by atoms with Crippen LogP contribution in [0.5, 0.6) is 0 Å². The van der Waals surface area contributed by atoms with Crippen LogP contribution >= 0.6 is 0 Å². The number of rotatable bonds is 0. The van der Waals surface area contributed by atoms with E-state index in [0.717, 1.165) is 12.3 Å². The van der Waals surface area contributed by atoms with Gasteiger partial charge < -0.3 is 4.98 Å². The molecule has 1 aliphatic carbocycles. The Balaban J connectivity index is 2.72. The molecular weight excluding hydrogens is 124 g/mol. The minimum absolute atomic E-state index is 0.815. The molecule has 1 aromatic heterocycles. The topological polar surface area (TPSA) is 28.1 Å². The lowest BCUT2D eigenvalue weighted by Crippen LogP contribution is -2.17. The van der Waals surface area contributed by atoms with Gasteiger partial charge in [0.25, 0.3) is 0 Å². The van der Waals surface area contributed by atoms with E-state index in [-0.39, 0.29) is 0 Å². The van der Waals surface area contributed by atoms with E-state index < -0.39 is 0 Å².